The van der Waals surface area contributed by atoms with Crippen LogP contribution in [0, 0.1) is 11.3 Å². The first-order valence-corrected chi connectivity index (χ1v) is 7.90. The van der Waals surface area contributed by atoms with Crippen LogP contribution in [0.25, 0.3) is 0 Å². The van der Waals surface area contributed by atoms with Crippen molar-refractivity contribution in [3.63, 3.8) is 0 Å². The number of nitriles is 1. The van der Waals surface area contributed by atoms with Crippen molar-refractivity contribution in [3.8, 4) is 11.8 Å². The Labute approximate surface area is 153 Å². The Morgan fingerprint density at radius 2 is 1.89 bits per heavy atom. The third kappa shape index (κ3) is 6.08. The summed E-state index contributed by atoms with van der Waals surface area (Å²) in [5.74, 6) is -0.654. The lowest BCUT2D eigenvalue weighted by Gasteiger charge is -2.09. The molecule has 0 aromatic heterocycles. The Bertz CT molecular complexity index is 869. The number of alkyl halides is 3. The number of benzene rings is 2. The van der Waals surface area contributed by atoms with Gasteiger partial charge in [0.1, 0.15) is 17.4 Å². The zero-order valence-electron chi connectivity index (χ0n) is 14.0. The number of phenols is 1. The number of rotatable bonds is 6. The molecule has 0 aliphatic carbocycles. The Kier molecular flexibility index (Phi) is 6.44. The molecule has 0 aliphatic rings. The van der Waals surface area contributed by atoms with Crippen LogP contribution >= 0.6 is 0 Å². The quantitative estimate of drug-likeness (QED) is 0.409. The number of nitrogens with zero attached hydrogens (tertiary/aromatic N) is 1. The highest BCUT2D eigenvalue weighted by molar-refractivity contribution is 6.06. The van der Waals surface area contributed by atoms with E-state index in [2.05, 4.69) is 10.6 Å². The molecular formula is C19H16F3N3O2. The molecule has 0 radical (unpaired) electrons. The molecule has 0 unspecified atom stereocenters. The topological polar surface area (TPSA) is 85.2 Å². The van der Waals surface area contributed by atoms with Gasteiger partial charge in [0.15, 0.2) is 0 Å². The maximum Gasteiger partial charge on any atom is 0.416 e. The monoisotopic (exact) mass is 375 g/mol. The summed E-state index contributed by atoms with van der Waals surface area (Å²) >= 11 is 0. The lowest BCUT2D eigenvalue weighted by Crippen LogP contribution is -2.18. The molecule has 0 aliphatic heterocycles. The van der Waals surface area contributed by atoms with Crippen molar-refractivity contribution >= 4 is 11.6 Å². The van der Waals surface area contributed by atoms with Crippen LogP contribution in [0.1, 0.15) is 11.1 Å². The molecule has 2 aromatic carbocycles. The van der Waals surface area contributed by atoms with E-state index in [0.717, 1.165) is 17.7 Å². The van der Waals surface area contributed by atoms with Crippen LogP contribution < -0.4 is 10.6 Å². The van der Waals surface area contributed by atoms with Gasteiger partial charge in [-0.3, -0.25) is 4.79 Å². The highest BCUT2D eigenvalue weighted by Gasteiger charge is 2.30. The smallest absolute Gasteiger partial charge is 0.416 e. The minimum Gasteiger partial charge on any atom is -0.508 e. The summed E-state index contributed by atoms with van der Waals surface area (Å²) in [6.45, 7) is 0.423. The van der Waals surface area contributed by atoms with Crippen molar-refractivity contribution in [2.75, 3.05) is 11.9 Å². The predicted molar refractivity (Wildman–Crippen MR) is 93.6 cm³/mol. The largest absolute Gasteiger partial charge is 0.508 e. The standard InChI is InChI=1S/C19H16F3N3O2/c20-19(21,22)15-2-1-3-16(10-15)25-18(27)14(11-23)12-24-9-8-13-4-6-17(26)7-5-13/h1-7,10,12,24,26H,8-9H2,(H,25,27)/b14-12-. The number of hydrogen-bond donors (Lipinski definition) is 3. The van der Waals surface area contributed by atoms with Gasteiger partial charge in [-0.25, -0.2) is 0 Å². The number of amides is 1. The third-order valence-electron chi connectivity index (χ3n) is 3.55. The first-order chi connectivity index (χ1) is 12.8. The normalized spacial score (nSPS) is 11.6. The number of carbonyl (C=O) groups excluding carboxylic acids is 1. The van der Waals surface area contributed by atoms with Gasteiger partial charge < -0.3 is 15.7 Å². The van der Waals surface area contributed by atoms with E-state index in [4.69, 9.17) is 5.26 Å². The SMILES string of the molecule is N#C/C(=C/NCCc1ccc(O)cc1)C(=O)Nc1cccc(C(F)(F)F)c1. The summed E-state index contributed by atoms with van der Waals surface area (Å²) in [5, 5.41) is 23.4. The number of carbonyl (C=O) groups is 1. The highest BCUT2D eigenvalue weighted by Crippen LogP contribution is 2.30. The Morgan fingerprint density at radius 3 is 2.52 bits per heavy atom. The molecule has 5 nitrogen and oxygen atoms in total. The molecule has 0 heterocycles. The Morgan fingerprint density at radius 1 is 1.19 bits per heavy atom. The fourth-order valence-electron chi connectivity index (χ4n) is 2.17. The van der Waals surface area contributed by atoms with E-state index >= 15 is 0 Å². The number of aromatic hydroxyl groups is 1. The van der Waals surface area contributed by atoms with E-state index in [-0.39, 0.29) is 17.0 Å². The second-order valence-corrected chi connectivity index (χ2v) is 5.57. The molecule has 8 heteroatoms. The van der Waals surface area contributed by atoms with E-state index in [0.29, 0.717) is 13.0 Å². The van der Waals surface area contributed by atoms with Crippen LogP contribution in [-0.4, -0.2) is 17.6 Å². The van der Waals surface area contributed by atoms with Gasteiger partial charge in [0.2, 0.25) is 0 Å². The van der Waals surface area contributed by atoms with Crippen molar-refractivity contribution in [1.82, 2.24) is 5.32 Å². The van der Waals surface area contributed by atoms with Crippen molar-refractivity contribution in [3.05, 3.63) is 71.4 Å². The van der Waals surface area contributed by atoms with Gasteiger partial charge in [-0.1, -0.05) is 18.2 Å². The summed E-state index contributed by atoms with van der Waals surface area (Å²) in [5.41, 5.74) is -0.270. The average Bonchev–Trinajstić information content (AvgIpc) is 2.62. The van der Waals surface area contributed by atoms with Crippen LogP contribution in [0.5, 0.6) is 5.75 Å². The molecule has 1 amide bonds. The first-order valence-electron chi connectivity index (χ1n) is 7.90. The minimum absolute atomic E-state index is 0.0555. The van der Waals surface area contributed by atoms with Gasteiger partial charge in [-0.2, -0.15) is 18.4 Å². The average molecular weight is 375 g/mol. The van der Waals surface area contributed by atoms with Crippen molar-refractivity contribution in [2.24, 2.45) is 0 Å². The van der Waals surface area contributed by atoms with Crippen LogP contribution in [-0.2, 0) is 17.4 Å². The fraction of sp³-hybridized carbons (Fsp3) is 0.158. The Hall–Kier alpha value is -3.47. The maximum absolute atomic E-state index is 12.7. The molecular weight excluding hydrogens is 359 g/mol. The van der Waals surface area contributed by atoms with Gasteiger partial charge in [-0.15, -0.1) is 0 Å². The summed E-state index contributed by atoms with van der Waals surface area (Å²) in [6.07, 6.45) is -2.72. The molecule has 2 rings (SSSR count). The van der Waals surface area contributed by atoms with Crippen molar-refractivity contribution < 1.29 is 23.1 Å². The van der Waals surface area contributed by atoms with E-state index < -0.39 is 17.6 Å². The lowest BCUT2D eigenvalue weighted by atomic mass is 10.1. The molecule has 2 aromatic rings. The number of halogens is 3. The minimum atomic E-state index is -4.52. The lowest BCUT2D eigenvalue weighted by molar-refractivity contribution is -0.137. The van der Waals surface area contributed by atoms with E-state index in [9.17, 15) is 23.1 Å². The van der Waals surface area contributed by atoms with Gasteiger partial charge in [0.25, 0.3) is 5.91 Å². The zero-order valence-corrected chi connectivity index (χ0v) is 14.0. The molecule has 0 bridgehead atoms. The third-order valence-corrected chi connectivity index (χ3v) is 3.55. The summed E-state index contributed by atoms with van der Waals surface area (Å²) in [6, 6.07) is 12.5. The van der Waals surface area contributed by atoms with Crippen LogP contribution in [0.4, 0.5) is 18.9 Å². The van der Waals surface area contributed by atoms with Crippen molar-refractivity contribution in [2.45, 2.75) is 12.6 Å². The molecule has 0 atom stereocenters. The van der Waals surface area contributed by atoms with Crippen LogP contribution in [0.2, 0.25) is 0 Å². The van der Waals surface area contributed by atoms with Gasteiger partial charge in [0, 0.05) is 18.4 Å². The summed E-state index contributed by atoms with van der Waals surface area (Å²) < 4.78 is 38.1. The number of anilines is 1. The van der Waals surface area contributed by atoms with Crippen LogP contribution in [0.15, 0.2) is 60.3 Å². The zero-order chi connectivity index (χ0) is 19.9. The van der Waals surface area contributed by atoms with Gasteiger partial charge in [-0.05, 0) is 42.3 Å². The van der Waals surface area contributed by atoms with Crippen molar-refractivity contribution in [1.29, 1.82) is 5.26 Å². The maximum atomic E-state index is 12.7. The molecule has 27 heavy (non-hydrogen) atoms. The Balaban J connectivity index is 1.94. The second kappa shape index (κ2) is 8.76. The van der Waals surface area contributed by atoms with E-state index in [1.807, 2.05) is 0 Å². The number of nitrogens with one attached hydrogen (secondary N) is 2. The summed E-state index contributed by atoms with van der Waals surface area (Å²) in [7, 11) is 0. The molecule has 0 spiro atoms. The second-order valence-electron chi connectivity index (χ2n) is 5.57. The molecule has 3 N–H and O–H groups in total. The number of phenolic OH excluding ortho intramolecular Hbond substituents is 1. The highest BCUT2D eigenvalue weighted by atomic mass is 19.4. The van der Waals surface area contributed by atoms with Gasteiger partial charge >= 0.3 is 6.18 Å². The van der Waals surface area contributed by atoms with E-state index in [1.165, 1.54) is 18.3 Å². The number of hydrogen-bond acceptors (Lipinski definition) is 4. The molecule has 0 fully saturated rings. The van der Waals surface area contributed by atoms with Gasteiger partial charge in [0.05, 0.1) is 5.56 Å². The molecule has 0 saturated carbocycles. The molecule has 0 saturated heterocycles. The molecule has 140 valence electrons. The van der Waals surface area contributed by atoms with Crippen LogP contribution in [0.3, 0.4) is 0 Å². The first kappa shape index (κ1) is 19.8. The predicted octanol–water partition coefficient (Wildman–Crippen LogP) is 3.59. The fourth-order valence-corrected chi connectivity index (χ4v) is 2.17. The van der Waals surface area contributed by atoms with E-state index in [1.54, 1.807) is 30.3 Å². The summed E-state index contributed by atoms with van der Waals surface area (Å²) in [4.78, 5) is 12.1.